The van der Waals surface area contributed by atoms with Gasteiger partial charge in [-0.05, 0) is 6.42 Å². The van der Waals surface area contributed by atoms with E-state index >= 15 is 0 Å². The Morgan fingerprint density at radius 3 is 2.56 bits per heavy atom. The zero-order valence-corrected chi connectivity index (χ0v) is 16.1. The Hall–Kier alpha value is -1.59. The van der Waals surface area contributed by atoms with Gasteiger partial charge in [0.15, 0.2) is 10.9 Å². The van der Waals surface area contributed by atoms with Gasteiger partial charge in [-0.3, -0.25) is 5.41 Å². The minimum Gasteiger partial charge on any atom is -0.432 e. The lowest BCUT2D eigenvalue weighted by atomic mass is 10.1. The number of ether oxygens (including phenoxy) is 1. The topological polar surface area (TPSA) is 58.9 Å². The van der Waals surface area contributed by atoms with Gasteiger partial charge in [0.1, 0.15) is 5.69 Å². The highest BCUT2D eigenvalue weighted by Crippen LogP contribution is 2.30. The van der Waals surface area contributed by atoms with Crippen molar-refractivity contribution in [1.29, 1.82) is 5.41 Å². The van der Waals surface area contributed by atoms with Gasteiger partial charge < -0.3 is 4.74 Å². The molecule has 2 rings (SSSR count). The van der Waals surface area contributed by atoms with Gasteiger partial charge in [-0.15, -0.1) is 10.2 Å². The standard InChI is InChI=1S/C19H24ClN3OS/c1-2-3-4-5-6-10-13-25-19(21)24-16-14-17(20)22-23-18(16)15-11-8-7-9-12-15/h7-9,11-12,14,21H,2-6,10,13H2,1H3. The summed E-state index contributed by atoms with van der Waals surface area (Å²) in [7, 11) is 0. The Bertz CT molecular complexity index is 667. The minimum absolute atomic E-state index is 0.162. The second kappa shape index (κ2) is 11.1. The Kier molecular flexibility index (Phi) is 8.77. The SMILES string of the molecule is CCCCCCCCSC(=N)Oc1cc(Cl)nnc1-c1ccccc1. The Morgan fingerprint density at radius 1 is 1.08 bits per heavy atom. The molecule has 0 amide bonds. The molecule has 0 saturated heterocycles. The molecule has 0 unspecified atom stereocenters. The lowest BCUT2D eigenvalue weighted by Crippen LogP contribution is -2.05. The molecule has 0 radical (unpaired) electrons. The van der Waals surface area contributed by atoms with Crippen molar-refractivity contribution in [3.63, 3.8) is 0 Å². The van der Waals surface area contributed by atoms with Crippen molar-refractivity contribution in [3.05, 3.63) is 41.6 Å². The number of thioether (sulfide) groups is 1. The maximum absolute atomic E-state index is 8.05. The van der Waals surface area contributed by atoms with Crippen LogP contribution in [0.2, 0.25) is 5.15 Å². The average Bonchev–Trinajstić information content (AvgIpc) is 2.62. The van der Waals surface area contributed by atoms with E-state index < -0.39 is 0 Å². The van der Waals surface area contributed by atoms with Crippen LogP contribution in [0.5, 0.6) is 5.75 Å². The predicted octanol–water partition coefficient (Wildman–Crippen LogP) is 6.20. The van der Waals surface area contributed by atoms with Gasteiger partial charge in [-0.1, -0.05) is 92.7 Å². The van der Waals surface area contributed by atoms with Gasteiger partial charge in [0.25, 0.3) is 0 Å². The highest BCUT2D eigenvalue weighted by atomic mass is 35.5. The molecule has 134 valence electrons. The maximum Gasteiger partial charge on any atom is 0.248 e. The highest BCUT2D eigenvalue weighted by Gasteiger charge is 2.13. The van der Waals surface area contributed by atoms with E-state index in [2.05, 4.69) is 17.1 Å². The first-order valence-corrected chi connectivity index (χ1v) is 10.0. The summed E-state index contributed by atoms with van der Waals surface area (Å²) < 4.78 is 5.69. The lowest BCUT2D eigenvalue weighted by Gasteiger charge is -2.10. The summed E-state index contributed by atoms with van der Waals surface area (Å²) in [6.07, 6.45) is 7.45. The van der Waals surface area contributed by atoms with E-state index in [1.54, 1.807) is 6.07 Å². The maximum atomic E-state index is 8.05. The quantitative estimate of drug-likeness (QED) is 0.321. The first kappa shape index (κ1) is 19.7. The fourth-order valence-electron chi connectivity index (χ4n) is 2.40. The molecule has 0 aliphatic carbocycles. The second-order valence-electron chi connectivity index (χ2n) is 5.75. The molecular formula is C19H24ClN3OS. The summed E-state index contributed by atoms with van der Waals surface area (Å²) in [6, 6.07) is 11.3. The first-order valence-electron chi connectivity index (χ1n) is 8.68. The molecule has 0 bridgehead atoms. The van der Waals surface area contributed by atoms with Crippen molar-refractivity contribution < 1.29 is 4.74 Å². The summed E-state index contributed by atoms with van der Waals surface area (Å²) in [6.45, 7) is 2.22. The van der Waals surface area contributed by atoms with E-state index in [0.29, 0.717) is 11.4 Å². The number of aromatic nitrogens is 2. The van der Waals surface area contributed by atoms with E-state index in [0.717, 1.165) is 17.7 Å². The van der Waals surface area contributed by atoms with E-state index in [9.17, 15) is 0 Å². The molecule has 2 aromatic rings. The van der Waals surface area contributed by atoms with Crippen LogP contribution < -0.4 is 4.74 Å². The third-order valence-corrected chi connectivity index (χ3v) is 4.73. The molecule has 0 aliphatic rings. The number of benzene rings is 1. The number of hydrogen-bond acceptors (Lipinski definition) is 5. The van der Waals surface area contributed by atoms with Crippen LogP contribution in [0.15, 0.2) is 36.4 Å². The van der Waals surface area contributed by atoms with Gasteiger partial charge in [-0.2, -0.15) is 0 Å². The molecule has 6 heteroatoms. The monoisotopic (exact) mass is 377 g/mol. The fourth-order valence-corrected chi connectivity index (χ4v) is 3.22. The normalized spacial score (nSPS) is 10.6. The van der Waals surface area contributed by atoms with Crippen molar-refractivity contribution in [2.45, 2.75) is 45.4 Å². The van der Waals surface area contributed by atoms with Crippen LogP contribution >= 0.6 is 23.4 Å². The summed E-state index contributed by atoms with van der Waals surface area (Å²) in [5.41, 5.74) is 1.48. The number of unbranched alkanes of at least 4 members (excludes halogenated alkanes) is 5. The van der Waals surface area contributed by atoms with Crippen LogP contribution in [-0.4, -0.2) is 21.2 Å². The smallest absolute Gasteiger partial charge is 0.248 e. The fraction of sp³-hybridized carbons (Fsp3) is 0.421. The number of nitrogens with zero attached hydrogens (tertiary/aromatic N) is 2. The largest absolute Gasteiger partial charge is 0.432 e. The molecule has 1 aromatic heterocycles. The van der Waals surface area contributed by atoms with Gasteiger partial charge in [-0.25, -0.2) is 0 Å². The van der Waals surface area contributed by atoms with E-state index in [1.807, 2.05) is 30.3 Å². The van der Waals surface area contributed by atoms with Crippen molar-refractivity contribution in [1.82, 2.24) is 10.2 Å². The Balaban J connectivity index is 1.87. The minimum atomic E-state index is 0.162. The third-order valence-electron chi connectivity index (χ3n) is 3.71. The number of rotatable bonds is 9. The zero-order chi connectivity index (χ0) is 17.9. The molecule has 4 nitrogen and oxygen atoms in total. The average molecular weight is 378 g/mol. The third kappa shape index (κ3) is 7.04. The number of nitrogens with one attached hydrogen (secondary N) is 1. The zero-order valence-electron chi connectivity index (χ0n) is 14.5. The van der Waals surface area contributed by atoms with Crippen molar-refractivity contribution in [3.8, 4) is 17.0 Å². The van der Waals surface area contributed by atoms with Crippen LogP contribution in [0.1, 0.15) is 45.4 Å². The van der Waals surface area contributed by atoms with E-state index in [4.69, 9.17) is 21.7 Å². The number of hydrogen-bond donors (Lipinski definition) is 1. The lowest BCUT2D eigenvalue weighted by molar-refractivity contribution is 0.558. The van der Waals surface area contributed by atoms with E-state index in [1.165, 1.54) is 43.9 Å². The van der Waals surface area contributed by atoms with Crippen molar-refractivity contribution in [2.75, 3.05) is 5.75 Å². The van der Waals surface area contributed by atoms with Crippen molar-refractivity contribution in [2.24, 2.45) is 0 Å². The van der Waals surface area contributed by atoms with Crippen LogP contribution in [0.4, 0.5) is 0 Å². The number of halogens is 1. The molecule has 0 spiro atoms. The van der Waals surface area contributed by atoms with E-state index in [-0.39, 0.29) is 10.4 Å². The van der Waals surface area contributed by atoms with Crippen LogP contribution in [0.3, 0.4) is 0 Å². The van der Waals surface area contributed by atoms with Crippen LogP contribution in [0, 0.1) is 5.41 Å². The van der Waals surface area contributed by atoms with Crippen LogP contribution in [-0.2, 0) is 0 Å². The molecule has 1 heterocycles. The van der Waals surface area contributed by atoms with Gasteiger partial charge in [0.2, 0.25) is 5.23 Å². The molecule has 1 N–H and O–H groups in total. The summed E-state index contributed by atoms with van der Waals surface area (Å²) in [4.78, 5) is 0. The molecule has 0 fully saturated rings. The summed E-state index contributed by atoms with van der Waals surface area (Å²) in [5, 5.41) is 16.5. The summed E-state index contributed by atoms with van der Waals surface area (Å²) >= 11 is 7.36. The predicted molar refractivity (Wildman–Crippen MR) is 107 cm³/mol. The van der Waals surface area contributed by atoms with Gasteiger partial charge in [0.05, 0.1) is 0 Å². The summed E-state index contributed by atoms with van der Waals surface area (Å²) in [5.74, 6) is 1.35. The van der Waals surface area contributed by atoms with Gasteiger partial charge >= 0.3 is 0 Å². The molecule has 0 saturated carbocycles. The van der Waals surface area contributed by atoms with Gasteiger partial charge in [0, 0.05) is 17.4 Å². The molecule has 1 aromatic carbocycles. The Labute approximate surface area is 158 Å². The molecule has 25 heavy (non-hydrogen) atoms. The highest BCUT2D eigenvalue weighted by molar-refractivity contribution is 8.13. The van der Waals surface area contributed by atoms with Crippen LogP contribution in [0.25, 0.3) is 11.3 Å². The molecule has 0 aliphatic heterocycles. The molecule has 0 atom stereocenters. The molecular weight excluding hydrogens is 354 g/mol. The Morgan fingerprint density at radius 2 is 1.80 bits per heavy atom. The van der Waals surface area contributed by atoms with Crippen molar-refractivity contribution >= 4 is 28.6 Å². The second-order valence-corrected chi connectivity index (χ2v) is 7.21. The first-order chi connectivity index (χ1) is 12.2.